The van der Waals surface area contributed by atoms with Gasteiger partial charge in [0.1, 0.15) is 16.4 Å². The van der Waals surface area contributed by atoms with Crippen LogP contribution in [0, 0.1) is 11.3 Å². The Morgan fingerprint density at radius 3 is 2.69 bits per heavy atom. The summed E-state index contributed by atoms with van der Waals surface area (Å²) in [6.07, 6.45) is 3.15. The number of thiol groups is 1. The highest BCUT2D eigenvalue weighted by molar-refractivity contribution is 7.80. The van der Waals surface area contributed by atoms with Crippen LogP contribution < -0.4 is 10.1 Å². The van der Waals surface area contributed by atoms with Gasteiger partial charge < -0.3 is 9.64 Å². The lowest BCUT2D eigenvalue weighted by Gasteiger charge is -2.18. The Bertz CT molecular complexity index is 1270. The Hall–Kier alpha value is -3.64. The molecule has 3 heterocycles. The van der Waals surface area contributed by atoms with Gasteiger partial charge >= 0.3 is 0 Å². The first-order valence-electron chi connectivity index (χ1n) is 10.7. The van der Waals surface area contributed by atoms with E-state index in [1.165, 1.54) is 18.9 Å². The van der Waals surface area contributed by atoms with Crippen molar-refractivity contribution in [3.63, 3.8) is 0 Å². The number of thiazole rings is 1. The Morgan fingerprint density at radius 1 is 1.23 bits per heavy atom. The maximum atomic E-state index is 13.3. The molecule has 2 amide bonds. The summed E-state index contributed by atoms with van der Waals surface area (Å²) in [5.41, 5.74) is 0.0425. The summed E-state index contributed by atoms with van der Waals surface area (Å²) in [6.45, 7) is 1.06. The van der Waals surface area contributed by atoms with Gasteiger partial charge in [-0.3, -0.25) is 25.1 Å². The third kappa shape index (κ3) is 5.54. The van der Waals surface area contributed by atoms with Gasteiger partial charge in [0.25, 0.3) is 17.6 Å². The number of nitrogens with zero attached hydrogens (tertiary/aromatic N) is 4. The zero-order chi connectivity index (χ0) is 24.9. The van der Waals surface area contributed by atoms with Crippen molar-refractivity contribution in [2.45, 2.75) is 17.9 Å². The first-order chi connectivity index (χ1) is 16.9. The van der Waals surface area contributed by atoms with Crippen molar-refractivity contribution in [2.24, 2.45) is 5.92 Å². The van der Waals surface area contributed by atoms with Crippen molar-refractivity contribution < 1.29 is 19.1 Å². The van der Waals surface area contributed by atoms with Crippen LogP contribution in [0.3, 0.4) is 0 Å². The molecule has 0 bridgehead atoms. The smallest absolute Gasteiger partial charge is 0.300 e. The van der Waals surface area contributed by atoms with Crippen LogP contribution in [0.15, 0.2) is 46.9 Å². The van der Waals surface area contributed by atoms with Crippen LogP contribution in [0.5, 0.6) is 5.88 Å². The fourth-order valence-electron chi connectivity index (χ4n) is 3.80. The number of aromatic nitrogens is 3. The third-order valence-corrected chi connectivity index (χ3v) is 6.50. The van der Waals surface area contributed by atoms with Crippen molar-refractivity contribution in [1.82, 2.24) is 19.9 Å². The van der Waals surface area contributed by atoms with Gasteiger partial charge in [0.15, 0.2) is 10.8 Å². The number of likely N-dealkylation sites (tertiary alicyclic amines) is 1. The summed E-state index contributed by atoms with van der Waals surface area (Å²) in [7, 11) is 1.34. The molecule has 0 saturated carbocycles. The van der Waals surface area contributed by atoms with Gasteiger partial charge in [-0.05, 0) is 24.3 Å². The van der Waals surface area contributed by atoms with Gasteiger partial charge in [-0.15, -0.1) is 24.0 Å². The molecule has 1 saturated heterocycles. The third-order valence-electron chi connectivity index (χ3n) is 5.50. The molecule has 0 radical (unpaired) electrons. The van der Waals surface area contributed by atoms with E-state index in [-0.39, 0.29) is 27.4 Å². The van der Waals surface area contributed by atoms with Crippen LogP contribution >= 0.6 is 24.0 Å². The number of nitrogens with one attached hydrogen (secondary N) is 2. The zero-order valence-electron chi connectivity index (χ0n) is 18.7. The predicted molar refractivity (Wildman–Crippen MR) is 133 cm³/mol. The molecule has 0 aliphatic carbocycles. The van der Waals surface area contributed by atoms with Crippen LogP contribution in [0.4, 0.5) is 5.13 Å². The predicted octanol–water partition coefficient (Wildman–Crippen LogP) is 2.51. The van der Waals surface area contributed by atoms with Crippen molar-refractivity contribution in [2.75, 3.05) is 25.5 Å². The molecule has 35 heavy (non-hydrogen) atoms. The first kappa shape index (κ1) is 24.5. The SMILES string of the molecule is COc1nc(S)c(C(=N)C(=O)C(=O)Nc2nccs2)nc1C(=O)N1CCC(Cc2ccccc2)C1. The van der Waals surface area contributed by atoms with Gasteiger partial charge in [-0.1, -0.05) is 30.3 Å². The van der Waals surface area contributed by atoms with Gasteiger partial charge in [0.2, 0.25) is 5.88 Å². The van der Waals surface area contributed by atoms with Crippen molar-refractivity contribution >= 4 is 52.4 Å². The first-order valence-corrected chi connectivity index (χ1v) is 12.0. The number of hydrogen-bond acceptors (Lipinski definition) is 10. The number of rotatable bonds is 8. The number of hydrogen-bond donors (Lipinski definition) is 3. The molecule has 1 atom stereocenters. The molecule has 1 fully saturated rings. The molecule has 12 heteroatoms. The normalized spacial score (nSPS) is 15.0. The minimum Gasteiger partial charge on any atom is -0.479 e. The molecule has 1 aliphatic heterocycles. The van der Waals surface area contributed by atoms with Crippen LogP contribution in [0.1, 0.15) is 28.2 Å². The highest BCUT2D eigenvalue weighted by Crippen LogP contribution is 2.26. The highest BCUT2D eigenvalue weighted by Gasteiger charge is 2.32. The molecule has 0 spiro atoms. The van der Waals surface area contributed by atoms with E-state index in [0.29, 0.717) is 19.0 Å². The van der Waals surface area contributed by atoms with Crippen LogP contribution in [0.2, 0.25) is 0 Å². The maximum Gasteiger partial charge on any atom is 0.300 e. The minimum atomic E-state index is -1.16. The second kappa shape index (κ2) is 10.7. The molecule has 4 rings (SSSR count). The van der Waals surface area contributed by atoms with E-state index in [2.05, 4.69) is 45.0 Å². The van der Waals surface area contributed by atoms with Gasteiger partial charge in [0, 0.05) is 24.7 Å². The summed E-state index contributed by atoms with van der Waals surface area (Å²) in [6, 6.07) is 10.1. The van der Waals surface area contributed by atoms with Gasteiger partial charge in [-0.25, -0.2) is 15.0 Å². The summed E-state index contributed by atoms with van der Waals surface area (Å²) < 4.78 is 5.23. The fraction of sp³-hybridized carbons (Fsp3) is 0.261. The summed E-state index contributed by atoms with van der Waals surface area (Å²) >= 11 is 5.32. The number of methoxy groups -OCH3 is 1. The number of anilines is 1. The topological polar surface area (TPSA) is 138 Å². The lowest BCUT2D eigenvalue weighted by Crippen LogP contribution is -2.33. The minimum absolute atomic E-state index is 0.0669. The van der Waals surface area contributed by atoms with Gasteiger partial charge in [0.05, 0.1) is 7.11 Å². The van der Waals surface area contributed by atoms with Crippen LogP contribution in [-0.4, -0.2) is 63.4 Å². The molecule has 180 valence electrons. The number of amides is 2. The lowest BCUT2D eigenvalue weighted by atomic mass is 9.99. The number of benzene rings is 1. The summed E-state index contributed by atoms with van der Waals surface area (Å²) in [4.78, 5) is 52.0. The number of ketones is 1. The van der Waals surface area contributed by atoms with E-state index < -0.39 is 23.3 Å². The largest absolute Gasteiger partial charge is 0.479 e. The van der Waals surface area contributed by atoms with Crippen molar-refractivity contribution in [3.8, 4) is 5.88 Å². The Kier molecular flexibility index (Phi) is 7.51. The molecule has 1 unspecified atom stereocenters. The average Bonchev–Trinajstić information content (AvgIpc) is 3.55. The van der Waals surface area contributed by atoms with Gasteiger partial charge in [-0.2, -0.15) is 0 Å². The number of ether oxygens (including phenoxy) is 1. The molecular weight excluding hydrogens is 488 g/mol. The van der Waals surface area contributed by atoms with Crippen molar-refractivity contribution in [1.29, 1.82) is 5.41 Å². The zero-order valence-corrected chi connectivity index (χ0v) is 20.4. The second-order valence-electron chi connectivity index (χ2n) is 7.84. The Morgan fingerprint density at radius 2 is 2.00 bits per heavy atom. The molecule has 2 N–H and O–H groups in total. The number of carbonyl (C=O) groups excluding carboxylic acids is 3. The number of Topliss-reactive ketones (excluding diaryl/α,β-unsaturated/α-hetero) is 1. The Balaban J connectivity index is 1.52. The summed E-state index contributed by atoms with van der Waals surface area (Å²) in [5, 5.41) is 12.3. The van der Waals surface area contributed by atoms with Crippen molar-refractivity contribution in [3.05, 3.63) is 58.9 Å². The van der Waals surface area contributed by atoms with E-state index in [1.54, 1.807) is 10.3 Å². The van der Waals surface area contributed by atoms with E-state index in [9.17, 15) is 14.4 Å². The molecule has 10 nitrogen and oxygen atoms in total. The Labute approximate surface area is 210 Å². The molecule has 2 aromatic heterocycles. The molecule has 3 aromatic rings. The van der Waals surface area contributed by atoms with E-state index >= 15 is 0 Å². The van der Waals surface area contributed by atoms with Crippen LogP contribution in [0.25, 0.3) is 0 Å². The second-order valence-corrected chi connectivity index (χ2v) is 9.16. The van der Waals surface area contributed by atoms with Crippen LogP contribution in [-0.2, 0) is 16.0 Å². The number of carbonyl (C=O) groups is 3. The lowest BCUT2D eigenvalue weighted by molar-refractivity contribution is -0.130. The molecule has 1 aliphatic rings. The average molecular weight is 511 g/mol. The summed E-state index contributed by atoms with van der Waals surface area (Å²) in [5.74, 6) is -2.41. The van der Waals surface area contributed by atoms with E-state index in [1.807, 2.05) is 18.2 Å². The van der Waals surface area contributed by atoms with E-state index in [0.717, 1.165) is 24.2 Å². The molecule has 1 aromatic carbocycles. The maximum absolute atomic E-state index is 13.3. The fourth-order valence-corrected chi connectivity index (χ4v) is 4.58. The quantitative estimate of drug-likeness (QED) is 0.240. The van der Waals surface area contributed by atoms with E-state index in [4.69, 9.17) is 10.1 Å². The monoisotopic (exact) mass is 510 g/mol. The standard InChI is InChI=1S/C23H22N6O4S2/c1-33-20-17(22(32)29-9-7-14(12-29)11-13-5-3-2-4-6-13)26-16(21(34)28-20)15(24)18(30)19(31)27-23-25-8-10-35-23/h2-6,8,10,14,24H,7,9,11-12H2,1H3,(H,28,34)(H,25,27,31). The highest BCUT2D eigenvalue weighted by atomic mass is 32.1. The molecular formula is C23H22N6O4S2.